The first-order valence-electron chi connectivity index (χ1n) is 3.60. The Morgan fingerprint density at radius 3 is 2.33 bits per heavy atom. The molecule has 0 saturated heterocycles. The lowest BCUT2D eigenvalue weighted by Crippen LogP contribution is -2.09. The molecule has 0 aromatic rings. The summed E-state index contributed by atoms with van der Waals surface area (Å²) in [6.45, 7) is 3.54. The van der Waals surface area contributed by atoms with E-state index in [1.165, 1.54) is 0 Å². The van der Waals surface area contributed by atoms with E-state index in [-0.39, 0.29) is 5.75 Å². The zero-order chi connectivity index (χ0) is 9.83. The third kappa shape index (κ3) is 6.44. The van der Waals surface area contributed by atoms with Crippen molar-refractivity contribution in [3.63, 3.8) is 0 Å². The van der Waals surface area contributed by atoms with Crippen LogP contribution in [-0.4, -0.2) is 14.2 Å². The van der Waals surface area contributed by atoms with Gasteiger partial charge in [-0.25, -0.2) is 8.42 Å². The SMILES string of the molecule is CC(C)(C#N)CCCS(=O)(=O)Cl. The molecule has 0 bridgehead atoms. The van der Waals surface area contributed by atoms with Gasteiger partial charge in [-0.3, -0.25) is 0 Å². The van der Waals surface area contributed by atoms with Crippen LogP contribution >= 0.6 is 10.7 Å². The molecule has 0 rings (SSSR count). The maximum atomic E-state index is 10.5. The lowest BCUT2D eigenvalue weighted by molar-refractivity contribution is 0.445. The minimum absolute atomic E-state index is 0.0559. The fraction of sp³-hybridized carbons (Fsp3) is 0.857. The van der Waals surface area contributed by atoms with E-state index < -0.39 is 14.5 Å². The van der Waals surface area contributed by atoms with Gasteiger partial charge in [-0.1, -0.05) is 0 Å². The molecule has 0 radical (unpaired) electrons. The average Bonchev–Trinajstić information content (AvgIpc) is 1.84. The Hall–Kier alpha value is -0.270. The Morgan fingerprint density at radius 1 is 1.50 bits per heavy atom. The van der Waals surface area contributed by atoms with Gasteiger partial charge in [0.1, 0.15) is 0 Å². The van der Waals surface area contributed by atoms with Crippen molar-refractivity contribution in [2.24, 2.45) is 5.41 Å². The molecule has 0 aliphatic carbocycles. The van der Waals surface area contributed by atoms with E-state index in [1.807, 2.05) is 0 Å². The highest BCUT2D eigenvalue weighted by atomic mass is 35.7. The number of hydrogen-bond acceptors (Lipinski definition) is 3. The van der Waals surface area contributed by atoms with E-state index in [2.05, 4.69) is 6.07 Å². The van der Waals surface area contributed by atoms with Crippen molar-refractivity contribution < 1.29 is 8.42 Å². The van der Waals surface area contributed by atoms with Crippen molar-refractivity contribution in [2.75, 3.05) is 5.75 Å². The van der Waals surface area contributed by atoms with Crippen molar-refractivity contribution in [3.05, 3.63) is 0 Å². The number of nitriles is 1. The Balaban J connectivity index is 3.82. The summed E-state index contributed by atoms with van der Waals surface area (Å²) in [6.07, 6.45) is 0.988. The average molecular weight is 210 g/mol. The molecule has 0 heterocycles. The molecule has 12 heavy (non-hydrogen) atoms. The summed E-state index contributed by atoms with van der Waals surface area (Å²) in [5.41, 5.74) is -0.457. The largest absolute Gasteiger partial charge is 0.232 e. The van der Waals surface area contributed by atoms with Crippen molar-refractivity contribution in [2.45, 2.75) is 26.7 Å². The van der Waals surface area contributed by atoms with Gasteiger partial charge in [0.15, 0.2) is 0 Å². The van der Waals surface area contributed by atoms with Gasteiger partial charge in [-0.15, -0.1) is 0 Å². The third-order valence-electron chi connectivity index (χ3n) is 1.49. The van der Waals surface area contributed by atoms with Gasteiger partial charge in [0.2, 0.25) is 9.05 Å². The molecule has 0 atom stereocenters. The molecule has 0 amide bonds. The predicted octanol–water partition coefficient (Wildman–Crippen LogP) is 1.88. The summed E-state index contributed by atoms with van der Waals surface area (Å²) < 4.78 is 21.0. The van der Waals surface area contributed by atoms with E-state index in [0.29, 0.717) is 12.8 Å². The first kappa shape index (κ1) is 11.7. The van der Waals surface area contributed by atoms with Gasteiger partial charge < -0.3 is 0 Å². The molecule has 0 aliphatic rings. The lowest BCUT2D eigenvalue weighted by atomic mass is 9.90. The molecule has 0 saturated carbocycles. The van der Waals surface area contributed by atoms with Crippen LogP contribution in [0.1, 0.15) is 26.7 Å². The molecule has 5 heteroatoms. The van der Waals surface area contributed by atoms with Gasteiger partial charge in [0.25, 0.3) is 0 Å². The van der Waals surface area contributed by atoms with Crippen molar-refractivity contribution in [3.8, 4) is 6.07 Å². The van der Waals surface area contributed by atoms with Gasteiger partial charge in [-0.2, -0.15) is 5.26 Å². The first-order valence-corrected chi connectivity index (χ1v) is 6.08. The zero-order valence-electron chi connectivity index (χ0n) is 7.17. The predicted molar refractivity (Wildman–Crippen MR) is 48.3 cm³/mol. The van der Waals surface area contributed by atoms with E-state index in [0.717, 1.165) is 0 Å². The monoisotopic (exact) mass is 209 g/mol. The lowest BCUT2D eigenvalue weighted by Gasteiger charge is -2.13. The van der Waals surface area contributed by atoms with Gasteiger partial charge in [-0.05, 0) is 26.7 Å². The van der Waals surface area contributed by atoms with Crippen molar-refractivity contribution in [1.29, 1.82) is 5.26 Å². The fourth-order valence-electron chi connectivity index (χ4n) is 0.742. The fourth-order valence-corrected chi connectivity index (χ4v) is 1.56. The van der Waals surface area contributed by atoms with Crippen LogP contribution in [0.3, 0.4) is 0 Å². The summed E-state index contributed by atoms with van der Waals surface area (Å²) in [5, 5.41) is 8.59. The van der Waals surface area contributed by atoms with E-state index in [9.17, 15) is 8.42 Å². The molecule has 3 nitrogen and oxygen atoms in total. The van der Waals surface area contributed by atoms with Gasteiger partial charge >= 0.3 is 0 Å². The number of nitrogens with zero attached hydrogens (tertiary/aromatic N) is 1. The van der Waals surface area contributed by atoms with Crippen LogP contribution in [-0.2, 0) is 9.05 Å². The molecule has 0 unspecified atom stereocenters. The van der Waals surface area contributed by atoms with Crippen LogP contribution in [0.4, 0.5) is 0 Å². The first-order chi connectivity index (χ1) is 5.27. The zero-order valence-corrected chi connectivity index (χ0v) is 8.74. The Kier molecular flexibility index (Phi) is 4.01. The molecule has 0 aliphatic heterocycles. The number of rotatable bonds is 4. The van der Waals surface area contributed by atoms with Gasteiger partial charge in [0.05, 0.1) is 17.2 Å². The van der Waals surface area contributed by atoms with Crippen LogP contribution in [0.15, 0.2) is 0 Å². The van der Waals surface area contributed by atoms with Crippen molar-refractivity contribution in [1.82, 2.24) is 0 Å². The minimum Gasteiger partial charge on any atom is -0.212 e. The summed E-state index contributed by atoms with van der Waals surface area (Å²) in [5.74, 6) is -0.0559. The Labute approximate surface area is 77.8 Å². The highest BCUT2D eigenvalue weighted by molar-refractivity contribution is 8.13. The topological polar surface area (TPSA) is 57.9 Å². The molecule has 0 fully saturated rings. The molecule has 0 aromatic carbocycles. The third-order valence-corrected chi connectivity index (χ3v) is 2.73. The summed E-state index contributed by atoms with van der Waals surface area (Å²) >= 11 is 0. The highest BCUT2D eigenvalue weighted by Gasteiger charge is 2.17. The smallest absolute Gasteiger partial charge is 0.212 e. The van der Waals surface area contributed by atoms with Crippen LogP contribution in [0.2, 0.25) is 0 Å². The highest BCUT2D eigenvalue weighted by Crippen LogP contribution is 2.21. The van der Waals surface area contributed by atoms with Crippen LogP contribution in [0.25, 0.3) is 0 Å². The normalized spacial score (nSPS) is 12.5. The molecular weight excluding hydrogens is 198 g/mol. The quantitative estimate of drug-likeness (QED) is 0.665. The van der Waals surface area contributed by atoms with Crippen LogP contribution in [0, 0.1) is 16.7 Å². The number of halogens is 1. The second kappa shape index (κ2) is 4.11. The molecule has 0 aromatic heterocycles. The summed E-state index contributed by atoms with van der Waals surface area (Å²) in [4.78, 5) is 0. The van der Waals surface area contributed by atoms with Crippen molar-refractivity contribution >= 4 is 19.7 Å². The standard InChI is InChI=1S/C7H12ClNO2S/c1-7(2,6-9)4-3-5-12(8,10)11/h3-5H2,1-2H3. The Bertz CT molecular complexity index is 276. The number of hydrogen-bond donors (Lipinski definition) is 0. The second-order valence-corrected chi connectivity index (χ2v) is 6.24. The van der Waals surface area contributed by atoms with Crippen LogP contribution in [0.5, 0.6) is 0 Å². The molecule has 0 N–H and O–H groups in total. The van der Waals surface area contributed by atoms with Crippen LogP contribution < -0.4 is 0 Å². The second-order valence-electron chi connectivity index (χ2n) is 3.34. The maximum Gasteiger partial charge on any atom is 0.232 e. The summed E-state index contributed by atoms with van der Waals surface area (Å²) in [6, 6.07) is 2.09. The van der Waals surface area contributed by atoms with E-state index >= 15 is 0 Å². The molecule has 70 valence electrons. The molecule has 0 spiro atoms. The van der Waals surface area contributed by atoms with E-state index in [1.54, 1.807) is 13.8 Å². The maximum absolute atomic E-state index is 10.5. The van der Waals surface area contributed by atoms with Gasteiger partial charge in [0, 0.05) is 10.7 Å². The summed E-state index contributed by atoms with van der Waals surface area (Å²) in [7, 11) is 1.60. The van der Waals surface area contributed by atoms with E-state index in [4.69, 9.17) is 15.9 Å². The minimum atomic E-state index is -3.39. The molecular formula is C7H12ClNO2S. The Morgan fingerprint density at radius 2 is 2.00 bits per heavy atom.